The maximum Gasteiger partial charge on any atom is 0.265 e. The summed E-state index contributed by atoms with van der Waals surface area (Å²) < 4.78 is 1.80. The van der Waals surface area contributed by atoms with Gasteiger partial charge in [-0.1, -0.05) is 29.3 Å². The standard InChI is InChI=1S/C17H14Cl2N2O/c1-9-5-10-7-15(17(20)22)21(2)16(10)13(6-9)12-4-3-11(18)8-14(12)19/h3-8H,1-2H3,(H2,20,22). The van der Waals surface area contributed by atoms with E-state index in [0.29, 0.717) is 15.7 Å². The van der Waals surface area contributed by atoms with Crippen LogP contribution >= 0.6 is 23.2 Å². The van der Waals surface area contributed by atoms with Crippen LogP contribution in [-0.4, -0.2) is 10.5 Å². The van der Waals surface area contributed by atoms with Crippen molar-refractivity contribution in [1.29, 1.82) is 0 Å². The number of nitrogens with zero attached hydrogens (tertiary/aromatic N) is 1. The molecule has 0 aliphatic carbocycles. The summed E-state index contributed by atoms with van der Waals surface area (Å²) >= 11 is 12.3. The Bertz CT molecular complexity index is 913. The fraction of sp³-hybridized carbons (Fsp3) is 0.118. The second kappa shape index (κ2) is 5.34. The molecule has 0 spiro atoms. The normalized spacial score (nSPS) is 11.1. The first-order valence-corrected chi connectivity index (χ1v) is 7.49. The Labute approximate surface area is 138 Å². The van der Waals surface area contributed by atoms with Crippen LogP contribution in [0.15, 0.2) is 36.4 Å². The molecular weight excluding hydrogens is 319 g/mol. The summed E-state index contributed by atoms with van der Waals surface area (Å²) in [6.45, 7) is 2.00. The number of carbonyl (C=O) groups is 1. The molecule has 0 saturated heterocycles. The molecule has 2 aromatic carbocycles. The van der Waals surface area contributed by atoms with Crippen molar-refractivity contribution in [2.45, 2.75) is 6.92 Å². The predicted octanol–water partition coefficient (Wildman–Crippen LogP) is 4.56. The fourth-order valence-corrected chi connectivity index (χ4v) is 3.32. The molecule has 1 heterocycles. The lowest BCUT2D eigenvalue weighted by atomic mass is 10.0. The molecule has 1 amide bonds. The van der Waals surface area contributed by atoms with Crippen LogP contribution < -0.4 is 5.73 Å². The molecule has 5 heteroatoms. The largest absolute Gasteiger partial charge is 0.364 e. The minimum atomic E-state index is -0.454. The van der Waals surface area contributed by atoms with Crippen molar-refractivity contribution in [2.75, 3.05) is 0 Å². The number of hydrogen-bond acceptors (Lipinski definition) is 1. The highest BCUT2D eigenvalue weighted by atomic mass is 35.5. The first kappa shape index (κ1) is 14.9. The van der Waals surface area contributed by atoms with Crippen LogP contribution in [0.3, 0.4) is 0 Å². The number of rotatable bonds is 2. The lowest BCUT2D eigenvalue weighted by molar-refractivity contribution is 0.0993. The number of halogens is 2. The lowest BCUT2D eigenvalue weighted by Gasteiger charge is -2.11. The van der Waals surface area contributed by atoms with Crippen LogP contribution in [0.25, 0.3) is 22.0 Å². The molecule has 3 aromatic rings. The molecule has 112 valence electrons. The average Bonchev–Trinajstić information content (AvgIpc) is 2.75. The van der Waals surface area contributed by atoms with Crippen LogP contribution in [0, 0.1) is 6.92 Å². The highest BCUT2D eigenvalue weighted by Crippen LogP contribution is 2.36. The topological polar surface area (TPSA) is 48.0 Å². The molecule has 0 radical (unpaired) electrons. The molecule has 0 unspecified atom stereocenters. The van der Waals surface area contributed by atoms with Crippen molar-refractivity contribution in [3.05, 3.63) is 57.7 Å². The van der Waals surface area contributed by atoms with Crippen molar-refractivity contribution in [3.63, 3.8) is 0 Å². The third-order valence-electron chi connectivity index (χ3n) is 3.75. The van der Waals surface area contributed by atoms with Gasteiger partial charge in [-0.3, -0.25) is 4.79 Å². The molecule has 0 saturated carbocycles. The summed E-state index contributed by atoms with van der Waals surface area (Å²) in [6, 6.07) is 11.3. The number of amides is 1. The number of hydrogen-bond donors (Lipinski definition) is 1. The molecule has 0 aliphatic rings. The summed E-state index contributed by atoms with van der Waals surface area (Å²) in [5, 5.41) is 2.11. The van der Waals surface area contributed by atoms with Crippen LogP contribution in [-0.2, 0) is 7.05 Å². The van der Waals surface area contributed by atoms with Gasteiger partial charge in [0.25, 0.3) is 5.91 Å². The van der Waals surface area contributed by atoms with Gasteiger partial charge >= 0.3 is 0 Å². The molecule has 3 rings (SSSR count). The predicted molar refractivity (Wildman–Crippen MR) is 91.6 cm³/mol. The zero-order valence-corrected chi connectivity index (χ0v) is 13.7. The smallest absolute Gasteiger partial charge is 0.265 e. The van der Waals surface area contributed by atoms with Gasteiger partial charge in [0.1, 0.15) is 5.69 Å². The molecule has 3 nitrogen and oxygen atoms in total. The number of aromatic nitrogens is 1. The second-order valence-corrected chi connectivity index (χ2v) is 6.17. The van der Waals surface area contributed by atoms with Gasteiger partial charge in [0.05, 0.1) is 5.52 Å². The highest BCUT2D eigenvalue weighted by molar-refractivity contribution is 6.36. The van der Waals surface area contributed by atoms with E-state index in [4.69, 9.17) is 28.9 Å². The summed E-state index contributed by atoms with van der Waals surface area (Å²) in [7, 11) is 1.82. The van der Waals surface area contributed by atoms with Crippen molar-refractivity contribution >= 4 is 40.0 Å². The highest BCUT2D eigenvalue weighted by Gasteiger charge is 2.16. The van der Waals surface area contributed by atoms with Crippen LogP contribution in [0.1, 0.15) is 16.1 Å². The molecule has 0 aliphatic heterocycles. The Hall–Kier alpha value is -1.97. The Kier molecular flexibility index (Phi) is 3.63. The third-order valence-corrected chi connectivity index (χ3v) is 4.29. The summed E-state index contributed by atoms with van der Waals surface area (Å²) in [5.41, 5.74) is 9.74. The first-order chi connectivity index (χ1) is 10.4. The van der Waals surface area contributed by atoms with E-state index in [1.54, 1.807) is 22.8 Å². The van der Waals surface area contributed by atoms with Crippen LogP contribution in [0.4, 0.5) is 0 Å². The Morgan fingerprint density at radius 2 is 1.82 bits per heavy atom. The van der Waals surface area contributed by atoms with Gasteiger partial charge in [0.2, 0.25) is 0 Å². The maximum absolute atomic E-state index is 11.6. The second-order valence-electron chi connectivity index (χ2n) is 5.33. The van der Waals surface area contributed by atoms with Gasteiger partial charge < -0.3 is 10.3 Å². The van der Waals surface area contributed by atoms with Gasteiger partial charge in [-0.25, -0.2) is 0 Å². The fourth-order valence-electron chi connectivity index (χ4n) is 2.81. The van der Waals surface area contributed by atoms with E-state index in [1.807, 2.05) is 32.2 Å². The van der Waals surface area contributed by atoms with E-state index in [1.165, 1.54) is 0 Å². The number of carbonyl (C=O) groups excluding carboxylic acids is 1. The van der Waals surface area contributed by atoms with Gasteiger partial charge in [-0.2, -0.15) is 0 Å². The molecule has 22 heavy (non-hydrogen) atoms. The van der Waals surface area contributed by atoms with Crippen LogP contribution in [0.5, 0.6) is 0 Å². The Morgan fingerprint density at radius 1 is 1.09 bits per heavy atom. The van der Waals surface area contributed by atoms with E-state index >= 15 is 0 Å². The Morgan fingerprint density at radius 3 is 2.45 bits per heavy atom. The monoisotopic (exact) mass is 332 g/mol. The number of primary amides is 1. The summed E-state index contributed by atoms with van der Waals surface area (Å²) in [6.07, 6.45) is 0. The van der Waals surface area contributed by atoms with E-state index in [2.05, 4.69) is 0 Å². The third kappa shape index (κ3) is 2.36. The molecule has 2 N–H and O–H groups in total. The zero-order chi connectivity index (χ0) is 16.0. The maximum atomic E-state index is 11.6. The van der Waals surface area contributed by atoms with E-state index in [0.717, 1.165) is 27.6 Å². The first-order valence-electron chi connectivity index (χ1n) is 6.74. The number of fused-ring (bicyclic) bond motifs is 1. The van der Waals surface area contributed by atoms with E-state index < -0.39 is 5.91 Å². The van der Waals surface area contributed by atoms with Crippen molar-refractivity contribution < 1.29 is 4.79 Å². The van der Waals surface area contributed by atoms with E-state index in [9.17, 15) is 4.79 Å². The molecule has 0 fully saturated rings. The lowest BCUT2D eigenvalue weighted by Crippen LogP contribution is -2.15. The van der Waals surface area contributed by atoms with Gasteiger partial charge in [0.15, 0.2) is 0 Å². The Balaban J connectivity index is 2.40. The minimum absolute atomic E-state index is 0.454. The van der Waals surface area contributed by atoms with Gasteiger partial charge in [-0.15, -0.1) is 0 Å². The van der Waals surface area contributed by atoms with Crippen molar-refractivity contribution in [2.24, 2.45) is 12.8 Å². The van der Waals surface area contributed by atoms with Crippen molar-refractivity contribution in [3.8, 4) is 11.1 Å². The summed E-state index contributed by atoms with van der Waals surface area (Å²) in [5.74, 6) is -0.454. The zero-order valence-electron chi connectivity index (χ0n) is 12.2. The average molecular weight is 333 g/mol. The van der Waals surface area contributed by atoms with E-state index in [-0.39, 0.29) is 0 Å². The van der Waals surface area contributed by atoms with Gasteiger partial charge in [0, 0.05) is 33.6 Å². The molecule has 0 bridgehead atoms. The molecular formula is C17H14Cl2N2O. The molecule has 0 atom stereocenters. The SMILES string of the molecule is Cc1cc(-c2ccc(Cl)cc2Cl)c2c(c1)cc(C(N)=O)n2C. The van der Waals surface area contributed by atoms with Crippen LogP contribution in [0.2, 0.25) is 10.0 Å². The quantitative estimate of drug-likeness (QED) is 0.734. The van der Waals surface area contributed by atoms with Gasteiger partial charge in [-0.05, 0) is 42.8 Å². The summed E-state index contributed by atoms with van der Waals surface area (Å²) in [4.78, 5) is 11.6. The minimum Gasteiger partial charge on any atom is -0.364 e. The number of nitrogens with two attached hydrogens (primary N) is 1. The number of aryl methyl sites for hydroxylation is 2. The molecule has 1 aromatic heterocycles. The number of benzene rings is 2. The van der Waals surface area contributed by atoms with Crippen molar-refractivity contribution in [1.82, 2.24) is 4.57 Å².